The maximum atomic E-state index is 12.4. The van der Waals surface area contributed by atoms with Crippen LogP contribution in [0.5, 0.6) is 0 Å². The number of nitrogens with one attached hydrogen (secondary N) is 2. The second-order valence-electron chi connectivity index (χ2n) is 7.29. The van der Waals surface area contributed by atoms with Gasteiger partial charge in [-0.05, 0) is 43.4 Å². The minimum absolute atomic E-state index is 0.0706. The molecule has 3 heterocycles. The average Bonchev–Trinajstić information content (AvgIpc) is 3.18. The van der Waals surface area contributed by atoms with E-state index in [2.05, 4.69) is 39.5 Å². The van der Waals surface area contributed by atoms with Crippen molar-refractivity contribution in [3.05, 3.63) is 30.5 Å². The minimum Gasteiger partial charge on any atom is -0.381 e. The van der Waals surface area contributed by atoms with Crippen molar-refractivity contribution in [2.45, 2.75) is 19.3 Å². The molecule has 0 spiro atoms. The predicted molar refractivity (Wildman–Crippen MR) is 104 cm³/mol. The second kappa shape index (κ2) is 7.99. The molecule has 6 nitrogen and oxygen atoms in total. The zero-order valence-corrected chi connectivity index (χ0v) is 15.2. The summed E-state index contributed by atoms with van der Waals surface area (Å²) >= 11 is 0. The van der Waals surface area contributed by atoms with Gasteiger partial charge in [-0.25, -0.2) is 4.79 Å². The molecule has 2 fully saturated rings. The van der Waals surface area contributed by atoms with Gasteiger partial charge in [0.1, 0.15) is 0 Å². The Bertz CT molecular complexity index is 730. The Morgan fingerprint density at radius 1 is 1.23 bits per heavy atom. The Kier molecular flexibility index (Phi) is 5.29. The standard InChI is InChI=1S/C20H28N4O2/c25-20(22-8-6-16-3-2-14-26-15-16)24-12-10-23(11-13-24)19-5-1-4-18-17(19)7-9-21-18/h1,4-5,7,9,16,21H,2-3,6,8,10-15H2,(H,22,25). The van der Waals surface area contributed by atoms with Crippen molar-refractivity contribution in [1.29, 1.82) is 0 Å². The van der Waals surface area contributed by atoms with Gasteiger partial charge in [0.25, 0.3) is 0 Å². The Morgan fingerprint density at radius 2 is 2.12 bits per heavy atom. The zero-order valence-electron chi connectivity index (χ0n) is 15.2. The summed E-state index contributed by atoms with van der Waals surface area (Å²) in [4.78, 5) is 20.0. The third-order valence-corrected chi connectivity index (χ3v) is 5.56. The van der Waals surface area contributed by atoms with Crippen molar-refractivity contribution in [3.63, 3.8) is 0 Å². The van der Waals surface area contributed by atoms with Gasteiger partial charge in [0, 0.05) is 68.7 Å². The van der Waals surface area contributed by atoms with Crippen molar-refractivity contribution in [1.82, 2.24) is 15.2 Å². The van der Waals surface area contributed by atoms with Gasteiger partial charge in [-0.2, -0.15) is 0 Å². The number of carbonyl (C=O) groups excluding carboxylic acids is 1. The summed E-state index contributed by atoms with van der Waals surface area (Å²) in [6.45, 7) is 5.75. The number of anilines is 1. The number of amides is 2. The number of urea groups is 1. The van der Waals surface area contributed by atoms with E-state index in [9.17, 15) is 4.79 Å². The quantitative estimate of drug-likeness (QED) is 0.886. The highest BCUT2D eigenvalue weighted by Gasteiger charge is 2.22. The number of hydrogen-bond acceptors (Lipinski definition) is 3. The van der Waals surface area contributed by atoms with Gasteiger partial charge in [-0.15, -0.1) is 0 Å². The Labute approximate surface area is 154 Å². The van der Waals surface area contributed by atoms with Crippen LogP contribution in [0.4, 0.5) is 10.5 Å². The number of fused-ring (bicyclic) bond motifs is 1. The lowest BCUT2D eigenvalue weighted by Gasteiger charge is -2.36. The number of rotatable bonds is 4. The normalized spacial score (nSPS) is 21.2. The monoisotopic (exact) mass is 356 g/mol. The number of piperazine rings is 1. The van der Waals surface area contributed by atoms with E-state index in [4.69, 9.17) is 4.74 Å². The molecule has 4 rings (SSSR count). The molecule has 2 saturated heterocycles. The van der Waals surface area contributed by atoms with Crippen LogP contribution in [0.25, 0.3) is 10.9 Å². The molecule has 2 N–H and O–H groups in total. The van der Waals surface area contributed by atoms with E-state index in [1.165, 1.54) is 17.5 Å². The number of hydrogen-bond donors (Lipinski definition) is 2. The van der Waals surface area contributed by atoms with E-state index in [-0.39, 0.29) is 6.03 Å². The summed E-state index contributed by atoms with van der Waals surface area (Å²) < 4.78 is 5.50. The number of benzene rings is 1. The SMILES string of the molecule is O=C(NCCC1CCCOC1)N1CCN(c2cccc3[nH]ccc23)CC1. The van der Waals surface area contributed by atoms with Crippen molar-refractivity contribution in [3.8, 4) is 0 Å². The van der Waals surface area contributed by atoms with Crippen LogP contribution < -0.4 is 10.2 Å². The molecule has 2 aliphatic rings. The lowest BCUT2D eigenvalue weighted by atomic mass is 9.99. The third-order valence-electron chi connectivity index (χ3n) is 5.56. The summed E-state index contributed by atoms with van der Waals surface area (Å²) in [7, 11) is 0. The molecule has 26 heavy (non-hydrogen) atoms. The molecule has 6 heteroatoms. The highest BCUT2D eigenvalue weighted by atomic mass is 16.5. The molecule has 1 atom stereocenters. The number of aromatic amines is 1. The minimum atomic E-state index is 0.0706. The Hall–Kier alpha value is -2.21. The molecular weight excluding hydrogens is 328 g/mol. The fourth-order valence-electron chi connectivity index (χ4n) is 4.03. The zero-order chi connectivity index (χ0) is 17.8. The lowest BCUT2D eigenvalue weighted by molar-refractivity contribution is 0.0518. The first kappa shape index (κ1) is 17.2. The Balaban J connectivity index is 1.25. The van der Waals surface area contributed by atoms with Crippen LogP contribution in [0.1, 0.15) is 19.3 Å². The lowest BCUT2D eigenvalue weighted by Crippen LogP contribution is -2.52. The van der Waals surface area contributed by atoms with Crippen LogP contribution in [0.2, 0.25) is 0 Å². The topological polar surface area (TPSA) is 60.6 Å². The van der Waals surface area contributed by atoms with Crippen LogP contribution in [-0.2, 0) is 4.74 Å². The van der Waals surface area contributed by atoms with Gasteiger partial charge < -0.3 is 24.8 Å². The van der Waals surface area contributed by atoms with E-state index in [0.717, 1.165) is 64.3 Å². The summed E-state index contributed by atoms with van der Waals surface area (Å²) in [5.74, 6) is 0.600. The van der Waals surface area contributed by atoms with Crippen LogP contribution in [0, 0.1) is 5.92 Å². The first-order chi connectivity index (χ1) is 12.8. The summed E-state index contributed by atoms with van der Waals surface area (Å²) in [6, 6.07) is 8.54. The van der Waals surface area contributed by atoms with E-state index < -0.39 is 0 Å². The molecule has 0 radical (unpaired) electrons. The maximum absolute atomic E-state index is 12.4. The second-order valence-corrected chi connectivity index (χ2v) is 7.29. The molecule has 1 aromatic carbocycles. The largest absolute Gasteiger partial charge is 0.381 e. The average molecular weight is 356 g/mol. The Morgan fingerprint density at radius 3 is 2.92 bits per heavy atom. The highest BCUT2D eigenvalue weighted by molar-refractivity contribution is 5.92. The summed E-state index contributed by atoms with van der Waals surface area (Å²) in [5.41, 5.74) is 2.41. The van der Waals surface area contributed by atoms with Gasteiger partial charge in [-0.3, -0.25) is 0 Å². The number of ether oxygens (including phenoxy) is 1. The fraction of sp³-hybridized carbons (Fsp3) is 0.550. The van der Waals surface area contributed by atoms with Gasteiger partial charge >= 0.3 is 6.03 Å². The molecule has 2 amide bonds. The van der Waals surface area contributed by atoms with Gasteiger partial charge in [-0.1, -0.05) is 6.07 Å². The molecule has 0 bridgehead atoms. The molecule has 0 aliphatic carbocycles. The summed E-state index contributed by atoms with van der Waals surface area (Å²) in [5, 5.41) is 4.34. The van der Waals surface area contributed by atoms with Crippen molar-refractivity contribution < 1.29 is 9.53 Å². The van der Waals surface area contributed by atoms with Crippen molar-refractivity contribution >= 4 is 22.6 Å². The van der Waals surface area contributed by atoms with E-state index >= 15 is 0 Å². The van der Waals surface area contributed by atoms with Crippen LogP contribution in [-0.4, -0.2) is 61.9 Å². The molecule has 2 aromatic rings. The van der Waals surface area contributed by atoms with Gasteiger partial charge in [0.2, 0.25) is 0 Å². The molecule has 1 aromatic heterocycles. The van der Waals surface area contributed by atoms with Crippen molar-refractivity contribution in [2.24, 2.45) is 5.92 Å². The molecular formula is C20H28N4O2. The summed E-state index contributed by atoms with van der Waals surface area (Å²) in [6.07, 6.45) is 5.37. The smallest absolute Gasteiger partial charge is 0.317 e. The fourth-order valence-corrected chi connectivity index (χ4v) is 4.03. The van der Waals surface area contributed by atoms with Gasteiger partial charge in [0.05, 0.1) is 0 Å². The highest BCUT2D eigenvalue weighted by Crippen LogP contribution is 2.27. The van der Waals surface area contributed by atoms with E-state index in [0.29, 0.717) is 5.92 Å². The number of aromatic nitrogens is 1. The van der Waals surface area contributed by atoms with Gasteiger partial charge in [0.15, 0.2) is 0 Å². The van der Waals surface area contributed by atoms with Crippen LogP contribution in [0.15, 0.2) is 30.5 Å². The van der Waals surface area contributed by atoms with E-state index in [1.54, 1.807) is 0 Å². The molecule has 1 unspecified atom stereocenters. The predicted octanol–water partition coefficient (Wildman–Crippen LogP) is 2.82. The van der Waals surface area contributed by atoms with Crippen LogP contribution in [0.3, 0.4) is 0 Å². The molecule has 140 valence electrons. The number of H-pyrrole nitrogens is 1. The van der Waals surface area contributed by atoms with Crippen LogP contribution >= 0.6 is 0 Å². The third kappa shape index (κ3) is 3.80. The maximum Gasteiger partial charge on any atom is 0.317 e. The van der Waals surface area contributed by atoms with Crippen molar-refractivity contribution in [2.75, 3.05) is 50.8 Å². The molecule has 2 aliphatic heterocycles. The number of nitrogens with zero attached hydrogens (tertiary/aromatic N) is 2. The number of carbonyl (C=O) groups is 1. The van der Waals surface area contributed by atoms with E-state index in [1.807, 2.05) is 11.1 Å². The first-order valence-corrected chi connectivity index (χ1v) is 9.73. The molecule has 0 saturated carbocycles. The first-order valence-electron chi connectivity index (χ1n) is 9.73.